The summed E-state index contributed by atoms with van der Waals surface area (Å²) in [6.45, 7) is 9.64. The molecule has 0 aromatic carbocycles. The van der Waals surface area contributed by atoms with Crippen molar-refractivity contribution in [1.82, 2.24) is 9.97 Å². The minimum atomic E-state index is 0.0679. The van der Waals surface area contributed by atoms with Crippen LogP contribution in [0.2, 0.25) is 0 Å². The maximum Gasteiger partial charge on any atom is 0.239 e. The number of hydrogen-bond donors (Lipinski definition) is 1. The van der Waals surface area contributed by atoms with Gasteiger partial charge in [0.25, 0.3) is 0 Å². The molecule has 0 spiro atoms. The fraction of sp³-hybridized carbons (Fsp3) is 0.500. The molecule has 4 heteroatoms. The molecule has 0 radical (unpaired) electrons. The van der Waals surface area contributed by atoms with Crippen molar-refractivity contribution in [3.8, 4) is 5.88 Å². The molecule has 3 heterocycles. The van der Waals surface area contributed by atoms with Gasteiger partial charge in [-0.1, -0.05) is 0 Å². The maximum atomic E-state index is 5.86. The molecule has 1 atom stereocenters. The lowest BCUT2D eigenvalue weighted by Crippen LogP contribution is -2.49. The second-order valence-electron chi connectivity index (χ2n) is 5.94. The highest BCUT2D eigenvalue weighted by Gasteiger charge is 2.31. The van der Waals surface area contributed by atoms with E-state index < -0.39 is 0 Å². The second-order valence-corrected chi connectivity index (χ2v) is 5.94. The summed E-state index contributed by atoms with van der Waals surface area (Å²) in [5, 5.41) is 1.13. The van der Waals surface area contributed by atoms with Crippen LogP contribution in [0.5, 0.6) is 5.88 Å². The van der Waals surface area contributed by atoms with E-state index in [1.807, 2.05) is 12.3 Å². The minimum absolute atomic E-state index is 0.0679. The molecule has 1 N–H and O–H groups in total. The third kappa shape index (κ3) is 1.72. The first kappa shape index (κ1) is 11.4. The molecule has 96 valence electrons. The van der Waals surface area contributed by atoms with E-state index in [1.165, 1.54) is 0 Å². The average molecular weight is 245 g/mol. The number of anilines is 1. The number of rotatable bonds is 0. The van der Waals surface area contributed by atoms with Crippen LogP contribution >= 0.6 is 0 Å². The molecule has 3 rings (SSSR count). The molecule has 0 aliphatic carbocycles. The van der Waals surface area contributed by atoms with Gasteiger partial charge in [-0.2, -0.15) is 4.98 Å². The summed E-state index contributed by atoms with van der Waals surface area (Å²) in [6, 6.07) is 4.20. The number of nitrogens with zero attached hydrogens (tertiary/aromatic N) is 2. The van der Waals surface area contributed by atoms with Gasteiger partial charge in [-0.15, -0.1) is 0 Å². The van der Waals surface area contributed by atoms with Crippen molar-refractivity contribution in [2.45, 2.75) is 39.3 Å². The number of aromatic amines is 1. The zero-order valence-corrected chi connectivity index (χ0v) is 11.3. The van der Waals surface area contributed by atoms with Crippen molar-refractivity contribution < 1.29 is 4.74 Å². The Labute approximate surface area is 107 Å². The molecule has 2 aromatic heterocycles. The summed E-state index contributed by atoms with van der Waals surface area (Å²) < 4.78 is 5.86. The second kappa shape index (κ2) is 3.64. The van der Waals surface area contributed by atoms with E-state index in [2.05, 4.69) is 48.6 Å². The number of fused-ring (bicyclic) bond motifs is 2. The molecule has 1 unspecified atom stereocenters. The van der Waals surface area contributed by atoms with Crippen molar-refractivity contribution >= 4 is 16.7 Å². The summed E-state index contributed by atoms with van der Waals surface area (Å²) in [5.74, 6) is 0.735. The number of pyridine rings is 1. The van der Waals surface area contributed by atoms with Crippen LogP contribution in [0.4, 0.5) is 5.69 Å². The minimum Gasteiger partial charge on any atom is -0.471 e. The van der Waals surface area contributed by atoms with Crippen LogP contribution in [0.25, 0.3) is 11.0 Å². The van der Waals surface area contributed by atoms with Crippen LogP contribution in [0.1, 0.15) is 27.7 Å². The van der Waals surface area contributed by atoms with Gasteiger partial charge in [-0.3, -0.25) is 0 Å². The lowest BCUT2D eigenvalue weighted by atomic mass is 10.0. The van der Waals surface area contributed by atoms with Crippen molar-refractivity contribution in [1.29, 1.82) is 0 Å². The number of hydrogen-bond acceptors (Lipinski definition) is 3. The van der Waals surface area contributed by atoms with Crippen molar-refractivity contribution in [2.24, 2.45) is 0 Å². The zero-order chi connectivity index (χ0) is 12.9. The first-order valence-electron chi connectivity index (χ1n) is 6.37. The van der Waals surface area contributed by atoms with Gasteiger partial charge in [0.1, 0.15) is 17.4 Å². The van der Waals surface area contributed by atoms with Crippen molar-refractivity contribution in [3.63, 3.8) is 0 Å². The first-order chi connectivity index (χ1) is 8.45. The topological polar surface area (TPSA) is 41.2 Å². The van der Waals surface area contributed by atoms with Gasteiger partial charge in [0, 0.05) is 17.1 Å². The van der Waals surface area contributed by atoms with Crippen LogP contribution in [-0.2, 0) is 0 Å². The Morgan fingerprint density at radius 3 is 2.94 bits per heavy atom. The standard InChI is InChI=1S/C14H19N3O/c1-9-8-17(14(2,3)4)11-7-10-5-6-15-12(10)16-13(11)18-9/h5-7,9H,8H2,1-4H3,(H,15,16). The van der Waals surface area contributed by atoms with Gasteiger partial charge in [-0.05, 0) is 39.8 Å². The predicted molar refractivity (Wildman–Crippen MR) is 73.3 cm³/mol. The Balaban J connectivity index is 2.18. The summed E-state index contributed by atoms with van der Waals surface area (Å²) in [6.07, 6.45) is 2.07. The van der Waals surface area contributed by atoms with Crippen LogP contribution in [0.3, 0.4) is 0 Å². The molecular formula is C14H19N3O. The molecule has 0 bridgehead atoms. The molecule has 0 saturated carbocycles. The van der Waals surface area contributed by atoms with Crippen LogP contribution in [-0.4, -0.2) is 28.2 Å². The molecule has 0 amide bonds. The molecular weight excluding hydrogens is 226 g/mol. The van der Waals surface area contributed by atoms with E-state index in [1.54, 1.807) is 0 Å². The Morgan fingerprint density at radius 1 is 1.44 bits per heavy atom. The van der Waals surface area contributed by atoms with Gasteiger partial charge in [0.15, 0.2) is 0 Å². The Morgan fingerprint density at radius 2 is 2.22 bits per heavy atom. The highest BCUT2D eigenvalue weighted by molar-refractivity contribution is 5.82. The number of aromatic nitrogens is 2. The third-order valence-electron chi connectivity index (χ3n) is 3.33. The highest BCUT2D eigenvalue weighted by atomic mass is 16.5. The monoisotopic (exact) mass is 245 g/mol. The Hall–Kier alpha value is -1.71. The van der Waals surface area contributed by atoms with Gasteiger partial charge < -0.3 is 14.6 Å². The number of ether oxygens (including phenoxy) is 1. The fourth-order valence-electron chi connectivity index (χ4n) is 2.45. The summed E-state index contributed by atoms with van der Waals surface area (Å²) in [4.78, 5) is 10.1. The summed E-state index contributed by atoms with van der Waals surface area (Å²) >= 11 is 0. The summed E-state index contributed by atoms with van der Waals surface area (Å²) in [7, 11) is 0. The molecule has 0 saturated heterocycles. The predicted octanol–water partition coefficient (Wildman–Crippen LogP) is 2.95. The third-order valence-corrected chi connectivity index (χ3v) is 3.33. The molecule has 4 nitrogen and oxygen atoms in total. The van der Waals surface area contributed by atoms with E-state index in [0.29, 0.717) is 0 Å². The smallest absolute Gasteiger partial charge is 0.239 e. The number of nitrogens with one attached hydrogen (secondary N) is 1. The van der Waals surface area contributed by atoms with Crippen LogP contribution < -0.4 is 9.64 Å². The van der Waals surface area contributed by atoms with E-state index in [0.717, 1.165) is 29.1 Å². The lowest BCUT2D eigenvalue weighted by Gasteiger charge is -2.42. The molecule has 18 heavy (non-hydrogen) atoms. The zero-order valence-electron chi connectivity index (χ0n) is 11.3. The van der Waals surface area contributed by atoms with Crippen LogP contribution in [0.15, 0.2) is 18.3 Å². The molecule has 1 aliphatic heterocycles. The Kier molecular flexibility index (Phi) is 2.30. The van der Waals surface area contributed by atoms with Crippen LogP contribution in [0, 0.1) is 0 Å². The largest absolute Gasteiger partial charge is 0.471 e. The molecule has 0 fully saturated rings. The van der Waals surface area contributed by atoms with Crippen molar-refractivity contribution in [3.05, 3.63) is 18.3 Å². The summed E-state index contributed by atoms with van der Waals surface area (Å²) in [5.41, 5.74) is 2.04. The van der Waals surface area contributed by atoms with E-state index in [4.69, 9.17) is 4.74 Å². The highest BCUT2D eigenvalue weighted by Crippen LogP contribution is 2.37. The lowest BCUT2D eigenvalue weighted by molar-refractivity contribution is 0.193. The van der Waals surface area contributed by atoms with E-state index in [-0.39, 0.29) is 11.6 Å². The molecule has 2 aromatic rings. The fourth-order valence-corrected chi connectivity index (χ4v) is 2.45. The normalized spacial score (nSPS) is 19.8. The quantitative estimate of drug-likeness (QED) is 0.775. The Bertz CT molecular complexity index is 582. The van der Waals surface area contributed by atoms with E-state index >= 15 is 0 Å². The van der Waals surface area contributed by atoms with Gasteiger partial charge >= 0.3 is 0 Å². The number of H-pyrrole nitrogens is 1. The van der Waals surface area contributed by atoms with Gasteiger partial charge in [0.2, 0.25) is 5.88 Å². The average Bonchev–Trinajstić information content (AvgIpc) is 2.70. The van der Waals surface area contributed by atoms with Crippen molar-refractivity contribution in [2.75, 3.05) is 11.4 Å². The maximum absolute atomic E-state index is 5.86. The first-order valence-corrected chi connectivity index (χ1v) is 6.37. The molecule has 1 aliphatic rings. The SMILES string of the molecule is CC1CN(C(C)(C)C)c2cc3cc[nH]c3nc2O1. The van der Waals surface area contributed by atoms with Gasteiger partial charge in [-0.25, -0.2) is 0 Å². The van der Waals surface area contributed by atoms with Gasteiger partial charge in [0.05, 0.1) is 6.54 Å². The van der Waals surface area contributed by atoms with E-state index in [9.17, 15) is 0 Å².